The molecule has 0 aromatic heterocycles. The monoisotopic (exact) mass is 251 g/mol. The average molecular weight is 251 g/mol. The fourth-order valence-corrected chi connectivity index (χ4v) is 1.05. The van der Waals surface area contributed by atoms with Crippen LogP contribution in [0.2, 0.25) is 0 Å². The molecule has 0 saturated carbocycles. The predicted molar refractivity (Wildman–Crippen MR) is 49.6 cm³/mol. The summed E-state index contributed by atoms with van der Waals surface area (Å²) < 4.78 is 39.3. The molecule has 0 saturated heterocycles. The summed E-state index contributed by atoms with van der Waals surface area (Å²) in [6.07, 6.45) is -5.11. The predicted octanol–water partition coefficient (Wildman–Crippen LogP) is 0.173. The molecule has 92 valence electrons. The quantitative estimate of drug-likeness (QED) is 0.453. The topological polar surface area (TPSA) is 92.8 Å². The zero-order chi connectivity index (χ0) is 13.2. The lowest BCUT2D eigenvalue weighted by Gasteiger charge is -2.10. The first kappa shape index (κ1) is 13.3. The Morgan fingerprint density at radius 1 is 1.35 bits per heavy atom. The van der Waals surface area contributed by atoms with Crippen LogP contribution < -0.4 is 10.2 Å². The van der Waals surface area contributed by atoms with Crippen LogP contribution >= 0.6 is 0 Å². The number of nitrogens with zero attached hydrogens (tertiary/aromatic N) is 1. The van der Waals surface area contributed by atoms with Gasteiger partial charge in [-0.3, -0.25) is 10.1 Å². The van der Waals surface area contributed by atoms with Gasteiger partial charge in [0.25, 0.3) is 0 Å². The van der Waals surface area contributed by atoms with Crippen molar-refractivity contribution in [1.82, 2.24) is 0 Å². The van der Waals surface area contributed by atoms with Gasteiger partial charge in [-0.2, -0.15) is 0 Å². The molecule has 1 aromatic rings. The second kappa shape index (κ2) is 4.59. The van der Waals surface area contributed by atoms with Crippen LogP contribution in [0.15, 0.2) is 18.2 Å². The minimum absolute atomic E-state index is 0.352. The van der Waals surface area contributed by atoms with Crippen molar-refractivity contribution < 1.29 is 32.9 Å². The van der Waals surface area contributed by atoms with Gasteiger partial charge in [0.2, 0.25) is 5.75 Å². The Bertz CT molecular complexity index is 436. The van der Waals surface area contributed by atoms with Gasteiger partial charge in [0, 0.05) is 6.07 Å². The van der Waals surface area contributed by atoms with E-state index in [0.717, 1.165) is 6.07 Å². The van der Waals surface area contributed by atoms with E-state index in [9.17, 15) is 23.3 Å². The van der Waals surface area contributed by atoms with Gasteiger partial charge in [-0.25, -0.2) is 0 Å². The van der Waals surface area contributed by atoms with Gasteiger partial charge in [-0.15, -0.1) is 13.2 Å². The molecule has 0 heterocycles. The number of alkyl halides is 3. The molecule has 2 N–H and O–H groups in total. The zero-order valence-electron chi connectivity index (χ0n) is 8.01. The highest BCUT2D eigenvalue weighted by atomic mass is 19.4. The molecular formula is C7H5BF3NO5. The van der Waals surface area contributed by atoms with Crippen LogP contribution in [0.3, 0.4) is 0 Å². The molecular weight excluding hydrogens is 246 g/mol. The number of benzene rings is 1. The second-order valence-corrected chi connectivity index (χ2v) is 2.91. The van der Waals surface area contributed by atoms with E-state index >= 15 is 0 Å². The van der Waals surface area contributed by atoms with Gasteiger partial charge in [-0.05, 0) is 11.5 Å². The van der Waals surface area contributed by atoms with Crippen molar-refractivity contribution in [2.24, 2.45) is 0 Å². The molecule has 1 aromatic carbocycles. The van der Waals surface area contributed by atoms with Crippen molar-refractivity contribution in [2.45, 2.75) is 6.36 Å². The molecule has 0 aliphatic heterocycles. The number of ether oxygens (including phenoxy) is 1. The van der Waals surface area contributed by atoms with Crippen molar-refractivity contribution in [3.63, 3.8) is 0 Å². The molecule has 1 rings (SSSR count). The largest absolute Gasteiger partial charge is 0.573 e. The molecule has 10 heteroatoms. The van der Waals surface area contributed by atoms with Crippen molar-refractivity contribution in [2.75, 3.05) is 0 Å². The maximum atomic E-state index is 11.9. The maximum Gasteiger partial charge on any atom is 0.573 e. The van der Waals surface area contributed by atoms with Crippen molar-refractivity contribution >= 4 is 18.3 Å². The molecule has 17 heavy (non-hydrogen) atoms. The van der Waals surface area contributed by atoms with Crippen LogP contribution in [0.1, 0.15) is 0 Å². The van der Waals surface area contributed by atoms with Crippen LogP contribution in [0.4, 0.5) is 18.9 Å². The highest BCUT2D eigenvalue weighted by molar-refractivity contribution is 6.58. The van der Waals surface area contributed by atoms with Crippen LogP contribution in [-0.2, 0) is 0 Å². The molecule has 0 fully saturated rings. The van der Waals surface area contributed by atoms with Crippen LogP contribution in [0, 0.1) is 10.1 Å². The van der Waals surface area contributed by atoms with E-state index in [4.69, 9.17) is 10.0 Å². The van der Waals surface area contributed by atoms with E-state index in [1.54, 1.807) is 0 Å². The lowest BCUT2D eigenvalue weighted by atomic mass is 9.80. The Hall–Kier alpha value is -1.81. The Morgan fingerprint density at radius 2 is 1.94 bits per heavy atom. The molecule has 0 amide bonds. The van der Waals surface area contributed by atoms with Gasteiger partial charge in [0.1, 0.15) is 0 Å². The Labute approximate surface area is 92.5 Å². The van der Waals surface area contributed by atoms with E-state index in [0.29, 0.717) is 12.1 Å². The first-order chi connectivity index (χ1) is 7.70. The van der Waals surface area contributed by atoms with Gasteiger partial charge < -0.3 is 14.8 Å². The first-order valence-corrected chi connectivity index (χ1v) is 4.11. The van der Waals surface area contributed by atoms with Crippen LogP contribution in [0.25, 0.3) is 0 Å². The minimum atomic E-state index is -5.11. The van der Waals surface area contributed by atoms with E-state index in [1.165, 1.54) is 0 Å². The molecule has 0 unspecified atom stereocenters. The van der Waals surface area contributed by atoms with Crippen molar-refractivity contribution in [3.05, 3.63) is 28.3 Å². The summed E-state index contributed by atoms with van der Waals surface area (Å²) in [6, 6.07) is 2.14. The van der Waals surface area contributed by atoms with E-state index in [-0.39, 0.29) is 5.46 Å². The van der Waals surface area contributed by atoms with Gasteiger partial charge in [-0.1, -0.05) is 6.07 Å². The molecule has 0 atom stereocenters. The summed E-state index contributed by atoms with van der Waals surface area (Å²) in [7, 11) is -2.05. The normalized spacial score (nSPS) is 11.1. The van der Waals surface area contributed by atoms with Gasteiger partial charge >= 0.3 is 19.2 Å². The number of nitro benzene ring substituents is 1. The fraction of sp³-hybridized carbons (Fsp3) is 0.143. The van der Waals surface area contributed by atoms with Crippen molar-refractivity contribution in [1.29, 1.82) is 0 Å². The van der Waals surface area contributed by atoms with E-state index in [1.807, 2.05) is 0 Å². The third kappa shape index (κ3) is 3.61. The summed E-state index contributed by atoms with van der Waals surface area (Å²) >= 11 is 0. The van der Waals surface area contributed by atoms with Crippen LogP contribution in [-0.4, -0.2) is 28.5 Å². The SMILES string of the molecule is O=[N+]([O-])c1ccc(B(O)O)cc1OC(F)(F)F. The highest BCUT2D eigenvalue weighted by Crippen LogP contribution is 2.30. The third-order valence-electron chi connectivity index (χ3n) is 1.70. The second-order valence-electron chi connectivity index (χ2n) is 2.91. The third-order valence-corrected chi connectivity index (χ3v) is 1.70. The minimum Gasteiger partial charge on any atom is -0.423 e. The lowest BCUT2D eigenvalue weighted by molar-refractivity contribution is -0.388. The number of rotatable bonds is 3. The van der Waals surface area contributed by atoms with Crippen LogP contribution in [0.5, 0.6) is 5.75 Å². The summed E-state index contributed by atoms with van der Waals surface area (Å²) in [5.74, 6) is -1.10. The Kier molecular flexibility index (Phi) is 3.58. The number of hydrogen-bond donors (Lipinski definition) is 2. The van der Waals surface area contributed by atoms with E-state index in [2.05, 4.69) is 4.74 Å². The first-order valence-electron chi connectivity index (χ1n) is 4.11. The summed E-state index contributed by atoms with van der Waals surface area (Å²) in [5.41, 5.74) is -1.28. The van der Waals surface area contributed by atoms with Crippen molar-refractivity contribution in [3.8, 4) is 5.75 Å². The number of hydrogen-bond acceptors (Lipinski definition) is 5. The Balaban J connectivity index is 3.21. The fourth-order valence-electron chi connectivity index (χ4n) is 1.05. The molecule has 0 aliphatic carbocycles. The Morgan fingerprint density at radius 3 is 2.35 bits per heavy atom. The summed E-state index contributed by atoms with van der Waals surface area (Å²) in [4.78, 5) is 9.35. The molecule has 0 bridgehead atoms. The summed E-state index contributed by atoms with van der Waals surface area (Å²) in [6.45, 7) is 0. The average Bonchev–Trinajstić information content (AvgIpc) is 2.14. The number of halogens is 3. The standard InChI is InChI=1S/C7H5BF3NO5/c9-7(10,11)17-6-3-4(8(13)14)1-2-5(6)12(15)16/h1-3,13-14H. The zero-order valence-corrected chi connectivity index (χ0v) is 8.01. The van der Waals surface area contributed by atoms with Gasteiger partial charge in [0.05, 0.1) is 4.92 Å². The highest BCUT2D eigenvalue weighted by Gasteiger charge is 2.35. The van der Waals surface area contributed by atoms with Gasteiger partial charge in [0.15, 0.2) is 0 Å². The molecule has 0 radical (unpaired) electrons. The number of nitro groups is 1. The smallest absolute Gasteiger partial charge is 0.423 e. The molecule has 6 nitrogen and oxygen atoms in total. The summed E-state index contributed by atoms with van der Waals surface area (Å²) in [5, 5.41) is 27.9. The molecule has 0 spiro atoms. The molecule has 0 aliphatic rings. The lowest BCUT2D eigenvalue weighted by Crippen LogP contribution is -2.30. The van der Waals surface area contributed by atoms with E-state index < -0.39 is 29.8 Å². The maximum absolute atomic E-state index is 11.9.